The van der Waals surface area contributed by atoms with Gasteiger partial charge < -0.3 is 29.3 Å². The predicted molar refractivity (Wildman–Crippen MR) is 143 cm³/mol. The van der Waals surface area contributed by atoms with Crippen molar-refractivity contribution in [2.24, 2.45) is 0 Å². The summed E-state index contributed by atoms with van der Waals surface area (Å²) in [7, 11) is 0. The number of unbranched alkanes of at least 4 members (excludes halogenated alkanes) is 13. The molecule has 0 radical (unpaired) electrons. The Kier molecular flexibility index (Phi) is 30.6. The molecular weight excluding hydrogens is 430 g/mol. The maximum atomic E-state index is 8.83. The number of hydrogen-bond acceptors (Lipinski definition) is 6. The lowest BCUT2D eigenvalue weighted by atomic mass is 10.0. The molecule has 0 saturated carbocycles. The molecule has 0 bridgehead atoms. The summed E-state index contributed by atoms with van der Waals surface area (Å²) in [5.74, 6) is 0. The van der Waals surface area contributed by atoms with Crippen molar-refractivity contribution in [3.8, 4) is 0 Å². The van der Waals surface area contributed by atoms with E-state index in [9.17, 15) is 0 Å². The van der Waals surface area contributed by atoms with Gasteiger partial charge in [0.2, 0.25) is 0 Å². The quantitative estimate of drug-likeness (QED) is 0.128. The molecule has 0 aliphatic heterocycles. The predicted octanol–water partition coefficient (Wildman–Crippen LogP) is 5.58. The summed E-state index contributed by atoms with van der Waals surface area (Å²) in [6, 6.07) is 0. The van der Waals surface area contributed by atoms with Crippen molar-refractivity contribution in [1.29, 1.82) is 0 Å². The molecule has 6 heteroatoms. The minimum Gasteiger partial charge on any atom is -0.394 e. The molecule has 0 aliphatic rings. The molecule has 34 heavy (non-hydrogen) atoms. The number of nitrogens with zero attached hydrogens (tertiary/aromatic N) is 1. The fraction of sp³-hybridized carbons (Fsp3) is 1.00. The van der Waals surface area contributed by atoms with Crippen molar-refractivity contribution in [2.75, 3.05) is 72.5 Å². The van der Waals surface area contributed by atoms with Crippen molar-refractivity contribution in [1.82, 2.24) is 4.90 Å². The molecule has 0 atom stereocenters. The highest BCUT2D eigenvalue weighted by Gasteiger charge is 2.05. The second kappa shape index (κ2) is 30.8. The average Bonchev–Trinajstić information content (AvgIpc) is 2.85. The monoisotopic (exact) mass is 489 g/mol. The second-order valence-electron chi connectivity index (χ2n) is 9.43. The van der Waals surface area contributed by atoms with Crippen LogP contribution in [0.5, 0.6) is 0 Å². The highest BCUT2D eigenvalue weighted by Crippen LogP contribution is 2.13. The Bertz CT molecular complexity index is 360. The van der Waals surface area contributed by atoms with Crippen LogP contribution >= 0.6 is 0 Å². The first-order chi connectivity index (χ1) is 16.8. The molecule has 0 aromatic carbocycles. The summed E-state index contributed by atoms with van der Waals surface area (Å²) in [6.07, 6.45) is 21.6. The van der Waals surface area contributed by atoms with Crippen LogP contribution in [0.15, 0.2) is 0 Å². The van der Waals surface area contributed by atoms with Gasteiger partial charge in [0.05, 0.1) is 39.6 Å². The van der Waals surface area contributed by atoms with Gasteiger partial charge in [0.15, 0.2) is 0 Å². The molecule has 2 N–H and O–H groups in total. The van der Waals surface area contributed by atoms with Crippen LogP contribution in [0, 0.1) is 0 Å². The van der Waals surface area contributed by atoms with Crippen LogP contribution in [0.3, 0.4) is 0 Å². The van der Waals surface area contributed by atoms with Gasteiger partial charge in [0, 0.05) is 26.3 Å². The standard InChI is InChI=1S/C28H59NO5/c1-2-3-4-5-6-7-8-9-10-11-12-13-14-15-18-29(19-16-23-32-25-21-30)20-17-24-33-27-28-34-26-22-31/h30-31H,2-28H2,1H3. The van der Waals surface area contributed by atoms with Gasteiger partial charge in [0.25, 0.3) is 0 Å². The minimum atomic E-state index is 0.0657. The Morgan fingerprint density at radius 3 is 1.21 bits per heavy atom. The van der Waals surface area contributed by atoms with Gasteiger partial charge >= 0.3 is 0 Å². The van der Waals surface area contributed by atoms with E-state index in [2.05, 4.69) is 11.8 Å². The third-order valence-electron chi connectivity index (χ3n) is 6.20. The minimum absolute atomic E-state index is 0.0657. The van der Waals surface area contributed by atoms with Crippen molar-refractivity contribution < 1.29 is 24.4 Å². The zero-order valence-corrected chi connectivity index (χ0v) is 22.7. The fourth-order valence-corrected chi connectivity index (χ4v) is 4.20. The van der Waals surface area contributed by atoms with Crippen LogP contribution in [0.4, 0.5) is 0 Å². The first-order valence-corrected chi connectivity index (χ1v) is 14.5. The molecule has 0 amide bonds. The van der Waals surface area contributed by atoms with Crippen LogP contribution < -0.4 is 0 Å². The molecule has 0 aliphatic carbocycles. The summed E-state index contributed by atoms with van der Waals surface area (Å²) in [6.45, 7) is 9.12. The average molecular weight is 490 g/mol. The van der Waals surface area contributed by atoms with E-state index in [0.717, 1.165) is 39.1 Å². The molecule has 0 saturated heterocycles. The SMILES string of the molecule is CCCCCCCCCCCCCCCCN(CCCOCCO)CCCOCCOCCO. The second-order valence-corrected chi connectivity index (χ2v) is 9.43. The van der Waals surface area contributed by atoms with E-state index in [4.69, 9.17) is 24.4 Å². The highest BCUT2D eigenvalue weighted by atomic mass is 16.5. The summed E-state index contributed by atoms with van der Waals surface area (Å²) >= 11 is 0. The molecule has 0 rings (SSSR count). The van der Waals surface area contributed by atoms with E-state index < -0.39 is 0 Å². The number of ether oxygens (including phenoxy) is 3. The van der Waals surface area contributed by atoms with Gasteiger partial charge in [-0.1, -0.05) is 90.4 Å². The summed E-state index contributed by atoms with van der Waals surface area (Å²) in [5, 5.41) is 17.5. The van der Waals surface area contributed by atoms with Crippen molar-refractivity contribution >= 4 is 0 Å². The van der Waals surface area contributed by atoms with Crippen LogP contribution in [0.2, 0.25) is 0 Å². The highest BCUT2D eigenvalue weighted by molar-refractivity contribution is 4.59. The van der Waals surface area contributed by atoms with Crippen molar-refractivity contribution in [2.45, 2.75) is 110 Å². The first-order valence-electron chi connectivity index (χ1n) is 14.5. The third-order valence-corrected chi connectivity index (χ3v) is 6.20. The van der Waals surface area contributed by atoms with E-state index in [1.807, 2.05) is 0 Å². The van der Waals surface area contributed by atoms with E-state index in [0.29, 0.717) is 33.0 Å². The normalized spacial score (nSPS) is 11.6. The van der Waals surface area contributed by atoms with Gasteiger partial charge in [-0.2, -0.15) is 0 Å². The van der Waals surface area contributed by atoms with Crippen LogP contribution in [-0.2, 0) is 14.2 Å². The zero-order chi connectivity index (χ0) is 24.8. The Morgan fingerprint density at radius 2 is 0.765 bits per heavy atom. The van der Waals surface area contributed by atoms with E-state index in [-0.39, 0.29) is 13.2 Å². The van der Waals surface area contributed by atoms with Gasteiger partial charge in [0.1, 0.15) is 0 Å². The Labute approximate surface area is 211 Å². The maximum Gasteiger partial charge on any atom is 0.0701 e. The molecule has 0 aromatic heterocycles. The van der Waals surface area contributed by atoms with E-state index >= 15 is 0 Å². The number of aliphatic hydroxyl groups excluding tert-OH is 2. The zero-order valence-electron chi connectivity index (χ0n) is 22.7. The number of aliphatic hydroxyl groups is 2. The third kappa shape index (κ3) is 28.0. The van der Waals surface area contributed by atoms with Crippen molar-refractivity contribution in [3.63, 3.8) is 0 Å². The Morgan fingerprint density at radius 1 is 0.412 bits per heavy atom. The number of rotatable bonds is 30. The lowest BCUT2D eigenvalue weighted by molar-refractivity contribution is 0.0302. The summed E-state index contributed by atoms with van der Waals surface area (Å²) in [5.41, 5.74) is 0. The smallest absolute Gasteiger partial charge is 0.0701 e. The van der Waals surface area contributed by atoms with Crippen LogP contribution in [-0.4, -0.2) is 87.6 Å². The lowest BCUT2D eigenvalue weighted by Crippen LogP contribution is -2.29. The van der Waals surface area contributed by atoms with Crippen LogP contribution in [0.1, 0.15) is 110 Å². The van der Waals surface area contributed by atoms with Gasteiger partial charge in [-0.05, 0) is 25.8 Å². The first kappa shape index (κ1) is 33.8. The molecule has 0 heterocycles. The Hall–Kier alpha value is -0.240. The topological polar surface area (TPSA) is 71.4 Å². The largest absolute Gasteiger partial charge is 0.394 e. The fourth-order valence-electron chi connectivity index (χ4n) is 4.20. The number of hydrogen-bond donors (Lipinski definition) is 2. The van der Waals surface area contributed by atoms with Gasteiger partial charge in [-0.15, -0.1) is 0 Å². The van der Waals surface area contributed by atoms with E-state index in [1.165, 1.54) is 89.9 Å². The molecule has 0 spiro atoms. The lowest BCUT2D eigenvalue weighted by Gasteiger charge is -2.22. The van der Waals surface area contributed by atoms with E-state index in [1.54, 1.807) is 0 Å². The molecule has 0 aromatic rings. The molecular formula is C28H59NO5. The molecule has 0 fully saturated rings. The van der Waals surface area contributed by atoms with Gasteiger partial charge in [-0.3, -0.25) is 0 Å². The molecule has 206 valence electrons. The van der Waals surface area contributed by atoms with Gasteiger partial charge in [-0.25, -0.2) is 0 Å². The van der Waals surface area contributed by atoms with Crippen molar-refractivity contribution in [3.05, 3.63) is 0 Å². The molecule has 0 unspecified atom stereocenters. The molecule has 6 nitrogen and oxygen atoms in total. The summed E-state index contributed by atoms with van der Waals surface area (Å²) < 4.78 is 16.3. The summed E-state index contributed by atoms with van der Waals surface area (Å²) in [4.78, 5) is 2.54. The van der Waals surface area contributed by atoms with Crippen LogP contribution in [0.25, 0.3) is 0 Å². The Balaban J connectivity index is 3.67. The maximum absolute atomic E-state index is 8.83.